The summed E-state index contributed by atoms with van der Waals surface area (Å²) in [6.07, 6.45) is 2.58. The Bertz CT molecular complexity index is 1290. The fourth-order valence-electron chi connectivity index (χ4n) is 3.35. The summed E-state index contributed by atoms with van der Waals surface area (Å²) >= 11 is 1.34. The number of hydrogen-bond acceptors (Lipinski definition) is 7. The molecule has 1 aliphatic rings. The van der Waals surface area contributed by atoms with Crippen LogP contribution in [0.3, 0.4) is 0 Å². The quantitative estimate of drug-likeness (QED) is 0.164. The molecule has 1 saturated heterocycles. The van der Waals surface area contributed by atoms with Gasteiger partial charge in [0.15, 0.2) is 23.3 Å². The third-order valence-corrected chi connectivity index (χ3v) is 5.61. The molecule has 0 N–H and O–H groups in total. The Hall–Kier alpha value is -3.26. The van der Waals surface area contributed by atoms with E-state index in [9.17, 15) is 26.7 Å². The van der Waals surface area contributed by atoms with Crippen molar-refractivity contribution in [3.63, 3.8) is 0 Å². The summed E-state index contributed by atoms with van der Waals surface area (Å²) in [6, 6.07) is 1.67. The van der Waals surface area contributed by atoms with Gasteiger partial charge < -0.3 is 14.4 Å². The zero-order valence-corrected chi connectivity index (χ0v) is 19.2. The molecule has 0 bridgehead atoms. The molecule has 0 saturated carbocycles. The smallest absolute Gasteiger partial charge is 0.256 e. The number of thioether (sulfide) groups is 1. The Labute approximate surface area is 199 Å². The maximum atomic E-state index is 13.8. The SMILES string of the molecule is CSc1nc2nc(C)cc(OCC3CN(C(=O)C=Cc4c(F)c(F)c(F)c(F)c4F)CCO3)n2n1. The van der Waals surface area contributed by atoms with Crippen molar-refractivity contribution in [3.8, 4) is 5.88 Å². The number of hydrogen-bond donors (Lipinski definition) is 0. The van der Waals surface area contributed by atoms with Crippen molar-refractivity contribution in [2.75, 3.05) is 32.6 Å². The number of aromatic nitrogens is 4. The molecule has 2 aromatic heterocycles. The highest BCUT2D eigenvalue weighted by molar-refractivity contribution is 7.98. The average molecular weight is 515 g/mol. The number of amides is 1. The van der Waals surface area contributed by atoms with Crippen LogP contribution in [0.4, 0.5) is 22.0 Å². The first-order valence-corrected chi connectivity index (χ1v) is 11.4. The first-order chi connectivity index (χ1) is 16.7. The summed E-state index contributed by atoms with van der Waals surface area (Å²) in [7, 11) is 0. The molecular weight excluding hydrogens is 497 g/mol. The van der Waals surface area contributed by atoms with Gasteiger partial charge in [-0.2, -0.15) is 9.50 Å². The molecule has 0 radical (unpaired) electrons. The van der Waals surface area contributed by atoms with E-state index >= 15 is 0 Å². The molecule has 4 rings (SSSR count). The van der Waals surface area contributed by atoms with Gasteiger partial charge in [0.2, 0.25) is 22.8 Å². The minimum Gasteiger partial charge on any atom is -0.475 e. The van der Waals surface area contributed by atoms with E-state index in [2.05, 4.69) is 15.1 Å². The number of carbonyl (C=O) groups excluding carboxylic acids is 1. The van der Waals surface area contributed by atoms with Crippen LogP contribution >= 0.6 is 11.8 Å². The molecule has 14 heteroatoms. The van der Waals surface area contributed by atoms with Crippen LogP contribution in [0.5, 0.6) is 5.88 Å². The first kappa shape index (κ1) is 24.9. The van der Waals surface area contributed by atoms with Crippen molar-refractivity contribution in [2.45, 2.75) is 18.2 Å². The second-order valence-electron chi connectivity index (χ2n) is 7.45. The molecule has 0 aliphatic carbocycles. The molecule has 1 aliphatic heterocycles. The number of benzene rings is 1. The topological polar surface area (TPSA) is 81.9 Å². The fourth-order valence-corrected chi connectivity index (χ4v) is 3.69. The van der Waals surface area contributed by atoms with Gasteiger partial charge in [-0.3, -0.25) is 4.79 Å². The average Bonchev–Trinajstić information content (AvgIpc) is 3.28. The number of morpholine rings is 1. The predicted octanol–water partition coefficient (Wildman–Crippen LogP) is 3.17. The largest absolute Gasteiger partial charge is 0.475 e. The maximum Gasteiger partial charge on any atom is 0.256 e. The van der Waals surface area contributed by atoms with E-state index in [-0.39, 0.29) is 26.3 Å². The minimum absolute atomic E-state index is 0.0398. The summed E-state index contributed by atoms with van der Waals surface area (Å²) < 4.78 is 80.5. The van der Waals surface area contributed by atoms with E-state index < -0.39 is 46.7 Å². The van der Waals surface area contributed by atoms with Crippen molar-refractivity contribution < 1.29 is 36.2 Å². The first-order valence-electron chi connectivity index (χ1n) is 10.2. The van der Waals surface area contributed by atoms with Gasteiger partial charge in [-0.15, -0.1) is 5.10 Å². The van der Waals surface area contributed by atoms with Crippen LogP contribution in [0.2, 0.25) is 0 Å². The zero-order chi connectivity index (χ0) is 25.3. The van der Waals surface area contributed by atoms with E-state index in [4.69, 9.17) is 9.47 Å². The number of carbonyl (C=O) groups is 1. The third kappa shape index (κ3) is 5.07. The molecule has 3 aromatic rings. The highest BCUT2D eigenvalue weighted by Crippen LogP contribution is 2.24. The zero-order valence-electron chi connectivity index (χ0n) is 18.4. The Morgan fingerprint density at radius 2 is 1.86 bits per heavy atom. The van der Waals surface area contributed by atoms with Crippen molar-refractivity contribution >= 4 is 29.5 Å². The van der Waals surface area contributed by atoms with E-state index in [1.165, 1.54) is 21.2 Å². The van der Waals surface area contributed by atoms with E-state index in [0.717, 1.165) is 6.08 Å². The second kappa shape index (κ2) is 10.2. The molecular formula is C21H18F5N5O3S. The van der Waals surface area contributed by atoms with Crippen molar-refractivity contribution in [2.24, 2.45) is 0 Å². The lowest BCUT2D eigenvalue weighted by molar-refractivity contribution is -0.134. The van der Waals surface area contributed by atoms with E-state index in [0.29, 0.717) is 28.6 Å². The van der Waals surface area contributed by atoms with Crippen LogP contribution < -0.4 is 4.74 Å². The molecule has 1 amide bonds. The van der Waals surface area contributed by atoms with Gasteiger partial charge >= 0.3 is 0 Å². The van der Waals surface area contributed by atoms with Gasteiger partial charge in [0.1, 0.15) is 12.7 Å². The van der Waals surface area contributed by atoms with Crippen LogP contribution in [0.15, 0.2) is 17.3 Å². The minimum atomic E-state index is -2.27. The summed E-state index contributed by atoms with van der Waals surface area (Å²) in [6.45, 7) is 2.20. The molecule has 1 aromatic carbocycles. The van der Waals surface area contributed by atoms with Crippen LogP contribution in [0.25, 0.3) is 11.9 Å². The van der Waals surface area contributed by atoms with Gasteiger partial charge in [-0.25, -0.2) is 26.9 Å². The summed E-state index contributed by atoms with van der Waals surface area (Å²) in [5.41, 5.74) is -0.537. The molecule has 0 spiro atoms. The van der Waals surface area contributed by atoms with Crippen molar-refractivity contribution in [3.05, 3.63) is 52.5 Å². The van der Waals surface area contributed by atoms with Crippen LogP contribution in [-0.2, 0) is 9.53 Å². The van der Waals surface area contributed by atoms with Crippen LogP contribution in [0, 0.1) is 36.0 Å². The Balaban J connectivity index is 1.43. The lowest BCUT2D eigenvalue weighted by atomic mass is 10.1. The third-order valence-electron chi connectivity index (χ3n) is 5.07. The Kier molecular flexibility index (Phi) is 7.21. The van der Waals surface area contributed by atoms with Crippen molar-refractivity contribution in [1.82, 2.24) is 24.5 Å². The maximum absolute atomic E-state index is 13.8. The van der Waals surface area contributed by atoms with Gasteiger partial charge in [-0.1, -0.05) is 11.8 Å². The number of nitrogens with zero attached hydrogens (tertiary/aromatic N) is 5. The number of aryl methyl sites for hydroxylation is 1. The number of ether oxygens (including phenoxy) is 2. The number of halogens is 5. The highest BCUT2D eigenvalue weighted by Gasteiger charge is 2.26. The lowest BCUT2D eigenvalue weighted by Gasteiger charge is -2.32. The summed E-state index contributed by atoms with van der Waals surface area (Å²) in [4.78, 5) is 22.4. The van der Waals surface area contributed by atoms with Gasteiger partial charge in [0.25, 0.3) is 5.78 Å². The van der Waals surface area contributed by atoms with E-state index in [1.54, 1.807) is 13.0 Å². The predicted molar refractivity (Wildman–Crippen MR) is 114 cm³/mol. The molecule has 8 nitrogen and oxygen atoms in total. The van der Waals surface area contributed by atoms with E-state index in [1.807, 2.05) is 6.26 Å². The van der Waals surface area contributed by atoms with Gasteiger partial charge in [0, 0.05) is 24.4 Å². The molecule has 186 valence electrons. The molecule has 35 heavy (non-hydrogen) atoms. The summed E-state index contributed by atoms with van der Waals surface area (Å²) in [5, 5.41) is 4.81. The highest BCUT2D eigenvalue weighted by atomic mass is 32.2. The monoisotopic (exact) mass is 515 g/mol. The standard InChI is InChI=1S/C21H18F5N5O3S/c1-10-7-14(31-20(27-10)28-21(29-31)35-2)34-9-11-8-30(5-6-33-11)13(32)4-3-12-15(22)17(24)19(26)18(25)16(12)23/h3-4,7,11H,5-6,8-9H2,1-2H3. The number of fused-ring (bicyclic) bond motifs is 1. The summed E-state index contributed by atoms with van der Waals surface area (Å²) in [5.74, 6) is -10.4. The molecule has 3 heterocycles. The Morgan fingerprint density at radius 1 is 1.17 bits per heavy atom. The molecule has 1 unspecified atom stereocenters. The van der Waals surface area contributed by atoms with Crippen LogP contribution in [-0.4, -0.2) is 69.1 Å². The van der Waals surface area contributed by atoms with Gasteiger partial charge in [-0.05, 0) is 19.3 Å². The van der Waals surface area contributed by atoms with Crippen molar-refractivity contribution in [1.29, 1.82) is 0 Å². The number of rotatable bonds is 6. The molecule has 1 atom stereocenters. The van der Waals surface area contributed by atoms with Crippen LogP contribution in [0.1, 0.15) is 11.3 Å². The lowest BCUT2D eigenvalue weighted by Crippen LogP contribution is -2.47. The fraction of sp³-hybridized carbons (Fsp3) is 0.333. The molecule has 1 fully saturated rings. The normalized spacial score (nSPS) is 16.4. The van der Waals surface area contributed by atoms with Gasteiger partial charge in [0.05, 0.1) is 18.7 Å². The Morgan fingerprint density at radius 3 is 2.54 bits per heavy atom. The second-order valence-corrected chi connectivity index (χ2v) is 8.22.